The lowest BCUT2D eigenvalue weighted by atomic mass is 10.2. The summed E-state index contributed by atoms with van der Waals surface area (Å²) in [6.45, 7) is 2.76. The molecule has 0 amide bonds. The van der Waals surface area contributed by atoms with Gasteiger partial charge in [0, 0.05) is 18.5 Å². The Morgan fingerprint density at radius 3 is 2.87 bits per heavy atom. The molecule has 1 aromatic heterocycles. The smallest absolute Gasteiger partial charge is 0.171 e. The second-order valence-electron chi connectivity index (χ2n) is 5.05. The summed E-state index contributed by atoms with van der Waals surface area (Å²) in [5.41, 5.74) is 1.81. The van der Waals surface area contributed by atoms with Gasteiger partial charge in [0.2, 0.25) is 0 Å². The highest BCUT2D eigenvalue weighted by molar-refractivity contribution is 7.98. The number of hydrogen-bond donors (Lipinski definition) is 2. The number of nitrogens with one attached hydrogen (secondary N) is 2. The highest BCUT2D eigenvalue weighted by Gasteiger charge is 2.02. The molecule has 122 valence electrons. The molecule has 0 bridgehead atoms. The van der Waals surface area contributed by atoms with Crippen LogP contribution in [0.2, 0.25) is 0 Å². The van der Waals surface area contributed by atoms with E-state index in [4.69, 9.17) is 12.2 Å². The van der Waals surface area contributed by atoms with Crippen LogP contribution in [-0.2, 0) is 5.75 Å². The van der Waals surface area contributed by atoms with Crippen molar-refractivity contribution in [2.45, 2.75) is 19.1 Å². The number of halogens is 1. The minimum absolute atomic E-state index is 0.130. The average Bonchev–Trinajstić information content (AvgIpc) is 2.54. The molecule has 2 rings (SSSR count). The zero-order valence-electron chi connectivity index (χ0n) is 13.0. The molecule has 0 aliphatic carbocycles. The Morgan fingerprint density at radius 2 is 2.09 bits per heavy atom. The molecule has 1 heterocycles. The van der Waals surface area contributed by atoms with Gasteiger partial charge in [-0.1, -0.05) is 24.3 Å². The number of aryl methyl sites for hydroxylation is 1. The standard InChI is InChI=1S/C17H20FN3S2/c1-13-6-4-9-19-16(13)21-17(22)20-10-5-11-23-12-14-7-2-3-8-15(14)18/h2-4,6-9H,5,10-12H2,1H3,(H2,19,20,21,22). The van der Waals surface area contributed by atoms with Gasteiger partial charge in [-0.15, -0.1) is 0 Å². The van der Waals surface area contributed by atoms with E-state index in [0.717, 1.165) is 35.7 Å². The highest BCUT2D eigenvalue weighted by atomic mass is 32.2. The topological polar surface area (TPSA) is 37.0 Å². The van der Waals surface area contributed by atoms with Crippen LogP contribution in [0.15, 0.2) is 42.6 Å². The van der Waals surface area contributed by atoms with Gasteiger partial charge in [0.25, 0.3) is 0 Å². The summed E-state index contributed by atoms with van der Waals surface area (Å²) >= 11 is 6.97. The van der Waals surface area contributed by atoms with Crippen LogP contribution < -0.4 is 10.6 Å². The predicted octanol–water partition coefficient (Wildman–Crippen LogP) is 4.14. The Bertz CT molecular complexity index is 649. The number of thiocarbonyl (C=S) groups is 1. The van der Waals surface area contributed by atoms with Crippen LogP contribution in [0.25, 0.3) is 0 Å². The molecule has 1 aromatic carbocycles. The Balaban J connectivity index is 1.59. The molecule has 23 heavy (non-hydrogen) atoms. The Kier molecular flexibility index (Phi) is 7.29. The average molecular weight is 350 g/mol. The Hall–Kier alpha value is -1.66. The summed E-state index contributed by atoms with van der Waals surface area (Å²) in [4.78, 5) is 4.24. The fourth-order valence-corrected chi connectivity index (χ4v) is 3.09. The van der Waals surface area contributed by atoms with Crippen molar-refractivity contribution in [3.8, 4) is 0 Å². The molecule has 2 N–H and O–H groups in total. The lowest BCUT2D eigenvalue weighted by molar-refractivity contribution is 0.617. The summed E-state index contributed by atoms with van der Waals surface area (Å²) in [5.74, 6) is 2.29. The molecule has 0 aliphatic heterocycles. The quantitative estimate of drug-likeness (QED) is 0.580. The molecule has 0 fully saturated rings. The fraction of sp³-hybridized carbons (Fsp3) is 0.294. The molecular weight excluding hydrogens is 329 g/mol. The largest absolute Gasteiger partial charge is 0.362 e. The van der Waals surface area contributed by atoms with Crippen LogP contribution in [0.5, 0.6) is 0 Å². The Morgan fingerprint density at radius 1 is 1.26 bits per heavy atom. The van der Waals surface area contributed by atoms with Gasteiger partial charge in [0.15, 0.2) is 5.11 Å². The second-order valence-corrected chi connectivity index (χ2v) is 6.56. The van der Waals surface area contributed by atoms with Gasteiger partial charge in [-0.25, -0.2) is 9.37 Å². The van der Waals surface area contributed by atoms with Gasteiger partial charge in [-0.3, -0.25) is 0 Å². The van der Waals surface area contributed by atoms with E-state index in [1.54, 1.807) is 24.0 Å². The van der Waals surface area contributed by atoms with Crippen molar-refractivity contribution >= 4 is 34.9 Å². The first-order valence-corrected chi connectivity index (χ1v) is 9.01. The van der Waals surface area contributed by atoms with Crippen molar-refractivity contribution < 1.29 is 4.39 Å². The minimum atomic E-state index is -0.130. The van der Waals surface area contributed by atoms with Gasteiger partial charge in [-0.05, 0) is 54.6 Å². The number of pyridine rings is 1. The van der Waals surface area contributed by atoms with E-state index in [1.165, 1.54) is 6.07 Å². The predicted molar refractivity (Wildman–Crippen MR) is 100 cm³/mol. The van der Waals surface area contributed by atoms with E-state index in [0.29, 0.717) is 10.9 Å². The highest BCUT2D eigenvalue weighted by Crippen LogP contribution is 2.15. The van der Waals surface area contributed by atoms with Crippen LogP contribution in [0, 0.1) is 12.7 Å². The number of anilines is 1. The lowest BCUT2D eigenvalue weighted by Gasteiger charge is -2.11. The van der Waals surface area contributed by atoms with E-state index >= 15 is 0 Å². The Labute approximate surface area is 146 Å². The van der Waals surface area contributed by atoms with Crippen molar-refractivity contribution in [3.63, 3.8) is 0 Å². The normalized spacial score (nSPS) is 10.3. The zero-order valence-corrected chi connectivity index (χ0v) is 14.6. The van der Waals surface area contributed by atoms with E-state index in [2.05, 4.69) is 15.6 Å². The van der Waals surface area contributed by atoms with Gasteiger partial charge in [0.05, 0.1) is 0 Å². The number of hydrogen-bond acceptors (Lipinski definition) is 3. The molecule has 0 spiro atoms. The number of benzene rings is 1. The van der Waals surface area contributed by atoms with E-state index in [1.807, 2.05) is 31.2 Å². The third kappa shape index (κ3) is 6.15. The molecule has 6 heteroatoms. The summed E-state index contributed by atoms with van der Waals surface area (Å²) in [5, 5.41) is 6.82. The molecular formula is C17H20FN3S2. The zero-order chi connectivity index (χ0) is 16.5. The molecule has 0 aliphatic rings. The molecule has 0 radical (unpaired) electrons. The first-order valence-electron chi connectivity index (χ1n) is 7.44. The third-order valence-corrected chi connectivity index (χ3v) is 4.55. The minimum Gasteiger partial charge on any atom is -0.362 e. The first-order chi connectivity index (χ1) is 11.2. The van der Waals surface area contributed by atoms with Crippen LogP contribution in [0.3, 0.4) is 0 Å². The van der Waals surface area contributed by atoms with Crippen LogP contribution in [-0.4, -0.2) is 22.4 Å². The summed E-state index contributed by atoms with van der Waals surface area (Å²) in [7, 11) is 0. The molecule has 0 saturated carbocycles. The van der Waals surface area contributed by atoms with Crippen LogP contribution >= 0.6 is 24.0 Å². The van der Waals surface area contributed by atoms with Crippen molar-refractivity contribution in [1.82, 2.24) is 10.3 Å². The molecule has 3 nitrogen and oxygen atoms in total. The second kappa shape index (κ2) is 9.47. The molecule has 0 saturated heterocycles. The van der Waals surface area contributed by atoms with Gasteiger partial charge >= 0.3 is 0 Å². The third-order valence-electron chi connectivity index (χ3n) is 3.21. The summed E-state index contributed by atoms with van der Waals surface area (Å²) < 4.78 is 13.5. The van der Waals surface area contributed by atoms with E-state index < -0.39 is 0 Å². The van der Waals surface area contributed by atoms with Crippen molar-refractivity contribution in [2.75, 3.05) is 17.6 Å². The number of nitrogens with zero attached hydrogens (tertiary/aromatic N) is 1. The SMILES string of the molecule is Cc1cccnc1NC(=S)NCCCSCc1ccccc1F. The molecule has 2 aromatic rings. The number of aromatic nitrogens is 1. The van der Waals surface area contributed by atoms with Crippen LogP contribution in [0.1, 0.15) is 17.5 Å². The number of thioether (sulfide) groups is 1. The molecule has 0 unspecified atom stereocenters. The maximum atomic E-state index is 13.5. The van der Waals surface area contributed by atoms with Crippen molar-refractivity contribution in [1.29, 1.82) is 0 Å². The first kappa shape index (κ1) is 17.7. The van der Waals surface area contributed by atoms with Gasteiger partial charge < -0.3 is 10.6 Å². The maximum absolute atomic E-state index is 13.5. The van der Waals surface area contributed by atoms with Gasteiger partial charge in [0.1, 0.15) is 11.6 Å². The summed E-state index contributed by atoms with van der Waals surface area (Å²) in [6, 6.07) is 10.8. The lowest BCUT2D eigenvalue weighted by Crippen LogP contribution is -2.30. The van der Waals surface area contributed by atoms with E-state index in [9.17, 15) is 4.39 Å². The summed E-state index contributed by atoms with van der Waals surface area (Å²) in [6.07, 6.45) is 2.69. The number of rotatable bonds is 7. The monoisotopic (exact) mass is 349 g/mol. The molecule has 0 atom stereocenters. The van der Waals surface area contributed by atoms with Gasteiger partial charge in [-0.2, -0.15) is 11.8 Å². The van der Waals surface area contributed by atoms with Crippen molar-refractivity contribution in [2.24, 2.45) is 0 Å². The maximum Gasteiger partial charge on any atom is 0.171 e. The van der Waals surface area contributed by atoms with Crippen LogP contribution in [0.4, 0.5) is 10.2 Å². The fourth-order valence-electron chi connectivity index (χ4n) is 1.94. The van der Waals surface area contributed by atoms with E-state index in [-0.39, 0.29) is 5.82 Å². The van der Waals surface area contributed by atoms with Crippen molar-refractivity contribution in [3.05, 3.63) is 59.5 Å².